The van der Waals surface area contributed by atoms with E-state index >= 15 is 0 Å². The van der Waals surface area contributed by atoms with Crippen LogP contribution in [0.1, 0.15) is 60.2 Å². The van der Waals surface area contributed by atoms with Crippen LogP contribution in [0.4, 0.5) is 0 Å². The molecule has 1 aromatic heterocycles. The Morgan fingerprint density at radius 2 is 1.71 bits per heavy atom. The summed E-state index contributed by atoms with van der Waals surface area (Å²) in [6, 6.07) is 7.14. The first kappa shape index (κ1) is 32.8. The van der Waals surface area contributed by atoms with Crippen LogP contribution in [0.5, 0.6) is 40.2 Å². The Labute approximate surface area is 260 Å². The highest BCUT2D eigenvalue weighted by molar-refractivity contribution is 5.92. The maximum atomic E-state index is 13.5. The smallest absolute Gasteiger partial charge is 0.343 e. The highest BCUT2D eigenvalue weighted by Crippen LogP contribution is 2.53. The van der Waals surface area contributed by atoms with Crippen molar-refractivity contribution in [2.24, 2.45) is 0 Å². The number of rotatable bonds is 15. The minimum atomic E-state index is -1.11. The number of esters is 1. The first-order valence-corrected chi connectivity index (χ1v) is 14.6. The molecule has 4 rings (SSSR count). The molecule has 1 aliphatic heterocycles. The summed E-state index contributed by atoms with van der Waals surface area (Å²) in [4.78, 5) is 41.8. The van der Waals surface area contributed by atoms with Gasteiger partial charge in [-0.1, -0.05) is 6.07 Å². The number of amides is 1. The minimum absolute atomic E-state index is 0.0478. The number of methoxy groups -OCH3 is 2. The lowest BCUT2D eigenvalue weighted by Gasteiger charge is -2.23. The molecule has 2 aromatic carbocycles. The fourth-order valence-corrected chi connectivity index (χ4v) is 5.10. The van der Waals surface area contributed by atoms with E-state index in [1.54, 1.807) is 13.0 Å². The standard InChI is InChI=1S/C32H38N2O11/c1-6-41-22-10-9-18(13-23(22)42-7-2)11-12-33-25(35)15-19(26-27(36)21(16-34-31(26)37)32(38)43-8-3)20-14-24(39-4)29-30(28(20)40-5)45-17-44-29/h9-10,13-14,16,19H,6-8,11-12,15,17H2,1-5H3,(H,33,35)(H2,34,36,37)/t19-/m1/s1. The third kappa shape index (κ3) is 7.19. The number of aromatic hydroxyl groups is 1. The van der Waals surface area contributed by atoms with Gasteiger partial charge in [0.25, 0.3) is 5.56 Å². The molecular formula is C32H38N2O11. The maximum absolute atomic E-state index is 13.5. The number of ether oxygens (including phenoxy) is 7. The number of nitrogens with one attached hydrogen (secondary N) is 2. The molecule has 1 amide bonds. The molecule has 0 saturated heterocycles. The van der Waals surface area contributed by atoms with Crippen molar-refractivity contribution in [1.29, 1.82) is 0 Å². The molecule has 2 heterocycles. The molecule has 0 unspecified atom stereocenters. The number of benzene rings is 2. The van der Waals surface area contributed by atoms with E-state index in [0.717, 1.165) is 11.8 Å². The van der Waals surface area contributed by atoms with E-state index in [4.69, 9.17) is 33.2 Å². The fraction of sp³-hybridized carbons (Fsp3) is 0.406. The van der Waals surface area contributed by atoms with Gasteiger partial charge in [-0.2, -0.15) is 0 Å². The van der Waals surface area contributed by atoms with Crippen LogP contribution in [-0.2, 0) is 16.0 Å². The molecule has 1 aliphatic rings. The third-order valence-electron chi connectivity index (χ3n) is 7.07. The quantitative estimate of drug-likeness (QED) is 0.211. The van der Waals surface area contributed by atoms with E-state index in [9.17, 15) is 19.5 Å². The van der Waals surface area contributed by atoms with Crippen LogP contribution < -0.4 is 39.3 Å². The van der Waals surface area contributed by atoms with E-state index in [2.05, 4.69) is 10.3 Å². The van der Waals surface area contributed by atoms with Crippen LogP contribution in [0.3, 0.4) is 0 Å². The molecule has 0 bridgehead atoms. The number of hydrogen-bond donors (Lipinski definition) is 3. The Morgan fingerprint density at radius 1 is 0.978 bits per heavy atom. The van der Waals surface area contributed by atoms with Crippen LogP contribution in [0.2, 0.25) is 0 Å². The Hall–Kier alpha value is -5.07. The van der Waals surface area contributed by atoms with Crippen molar-refractivity contribution in [2.45, 2.75) is 39.5 Å². The van der Waals surface area contributed by atoms with Gasteiger partial charge in [-0.3, -0.25) is 9.59 Å². The number of carbonyl (C=O) groups is 2. The molecule has 13 nitrogen and oxygen atoms in total. The molecule has 0 saturated carbocycles. The summed E-state index contributed by atoms with van der Waals surface area (Å²) in [5.41, 5.74) is 0.00221. The Balaban J connectivity index is 1.68. The number of carbonyl (C=O) groups excluding carboxylic acids is 2. The van der Waals surface area contributed by atoms with Crippen molar-refractivity contribution in [1.82, 2.24) is 10.3 Å². The third-order valence-corrected chi connectivity index (χ3v) is 7.07. The normalized spacial score (nSPS) is 12.3. The highest BCUT2D eigenvalue weighted by atomic mass is 16.7. The average Bonchev–Trinajstić information content (AvgIpc) is 3.51. The van der Waals surface area contributed by atoms with Gasteiger partial charge in [-0.05, 0) is 51.0 Å². The zero-order valence-corrected chi connectivity index (χ0v) is 25.9. The van der Waals surface area contributed by atoms with Crippen LogP contribution in [0, 0.1) is 0 Å². The molecule has 1 atom stereocenters. The maximum Gasteiger partial charge on any atom is 0.343 e. The Bertz CT molecular complexity index is 1580. The van der Waals surface area contributed by atoms with Crippen LogP contribution in [-0.4, -0.2) is 69.3 Å². The van der Waals surface area contributed by atoms with Gasteiger partial charge in [0.2, 0.25) is 24.2 Å². The van der Waals surface area contributed by atoms with Gasteiger partial charge in [0.15, 0.2) is 23.0 Å². The molecular weight excluding hydrogens is 588 g/mol. The lowest BCUT2D eigenvalue weighted by molar-refractivity contribution is -0.121. The van der Waals surface area contributed by atoms with Crippen molar-refractivity contribution in [2.75, 3.05) is 47.4 Å². The molecule has 0 radical (unpaired) electrons. The zero-order valence-electron chi connectivity index (χ0n) is 25.9. The summed E-state index contributed by atoms with van der Waals surface area (Å²) in [5.74, 6) is -0.801. The van der Waals surface area contributed by atoms with E-state index in [1.165, 1.54) is 14.2 Å². The summed E-state index contributed by atoms with van der Waals surface area (Å²) in [7, 11) is 2.83. The number of fused-ring (bicyclic) bond motifs is 1. The largest absolute Gasteiger partial charge is 0.506 e. The molecule has 13 heteroatoms. The summed E-state index contributed by atoms with van der Waals surface area (Å²) < 4.78 is 38.7. The predicted molar refractivity (Wildman–Crippen MR) is 162 cm³/mol. The summed E-state index contributed by atoms with van der Waals surface area (Å²) in [6.07, 6.45) is 1.24. The van der Waals surface area contributed by atoms with Gasteiger partial charge < -0.3 is 48.6 Å². The van der Waals surface area contributed by atoms with Gasteiger partial charge in [0.1, 0.15) is 11.3 Å². The SMILES string of the molecule is CCOC(=O)c1c[nH]c(=O)c([C@H](CC(=O)NCCc2ccc(OCC)c(OCC)c2)c2cc(OC)c3c(c2OC)OCO3)c1O. The van der Waals surface area contributed by atoms with Crippen LogP contribution in [0.15, 0.2) is 35.3 Å². The molecule has 0 fully saturated rings. The van der Waals surface area contributed by atoms with Gasteiger partial charge in [-0.25, -0.2) is 4.79 Å². The lowest BCUT2D eigenvalue weighted by Crippen LogP contribution is -2.29. The summed E-state index contributed by atoms with van der Waals surface area (Å²) in [5, 5.41) is 14.1. The van der Waals surface area contributed by atoms with E-state index in [-0.39, 0.29) is 54.7 Å². The summed E-state index contributed by atoms with van der Waals surface area (Å²) in [6.45, 7) is 6.57. The van der Waals surface area contributed by atoms with Crippen LogP contribution >= 0.6 is 0 Å². The minimum Gasteiger partial charge on any atom is -0.506 e. The van der Waals surface area contributed by atoms with E-state index in [1.807, 2.05) is 32.0 Å². The number of hydrogen-bond acceptors (Lipinski definition) is 11. The Morgan fingerprint density at radius 3 is 2.40 bits per heavy atom. The van der Waals surface area contributed by atoms with Crippen molar-refractivity contribution >= 4 is 11.9 Å². The topological polar surface area (TPSA) is 164 Å². The first-order chi connectivity index (χ1) is 21.8. The molecule has 0 spiro atoms. The molecule has 45 heavy (non-hydrogen) atoms. The molecule has 0 aliphatic carbocycles. The number of aromatic amines is 1. The van der Waals surface area contributed by atoms with Gasteiger partial charge in [0.05, 0.1) is 39.6 Å². The molecule has 3 aromatic rings. The second-order valence-electron chi connectivity index (χ2n) is 9.78. The number of pyridine rings is 1. The molecule has 3 N–H and O–H groups in total. The zero-order chi connectivity index (χ0) is 32.5. The second kappa shape index (κ2) is 15.1. The van der Waals surface area contributed by atoms with Crippen molar-refractivity contribution < 1.29 is 47.9 Å². The molecule has 242 valence electrons. The highest BCUT2D eigenvalue weighted by Gasteiger charge is 2.35. The average molecular weight is 627 g/mol. The van der Waals surface area contributed by atoms with Crippen LogP contribution in [0.25, 0.3) is 0 Å². The second-order valence-corrected chi connectivity index (χ2v) is 9.78. The first-order valence-electron chi connectivity index (χ1n) is 14.6. The van der Waals surface area contributed by atoms with Gasteiger partial charge in [-0.15, -0.1) is 0 Å². The monoisotopic (exact) mass is 626 g/mol. The summed E-state index contributed by atoms with van der Waals surface area (Å²) >= 11 is 0. The van der Waals surface area contributed by atoms with E-state index in [0.29, 0.717) is 42.4 Å². The predicted octanol–water partition coefficient (Wildman–Crippen LogP) is 3.68. The number of aromatic nitrogens is 1. The van der Waals surface area contributed by atoms with Crippen molar-refractivity contribution in [3.8, 4) is 40.2 Å². The van der Waals surface area contributed by atoms with E-state index < -0.39 is 29.1 Å². The lowest BCUT2D eigenvalue weighted by atomic mass is 9.86. The fourth-order valence-electron chi connectivity index (χ4n) is 5.10. The number of H-pyrrole nitrogens is 1. The van der Waals surface area contributed by atoms with Crippen molar-refractivity contribution in [3.63, 3.8) is 0 Å². The van der Waals surface area contributed by atoms with Gasteiger partial charge >= 0.3 is 5.97 Å². The van der Waals surface area contributed by atoms with Crippen molar-refractivity contribution in [3.05, 3.63) is 63.1 Å². The Kier molecular flexibility index (Phi) is 11.0. The van der Waals surface area contributed by atoms with Gasteiger partial charge in [0, 0.05) is 30.6 Å².